The molecule has 0 saturated carbocycles. The molecule has 0 aromatic carbocycles. The Morgan fingerprint density at radius 1 is 0.824 bits per heavy atom. The second-order valence-corrected chi connectivity index (χ2v) is 4.35. The van der Waals surface area contributed by atoms with E-state index in [-0.39, 0.29) is 5.97 Å². The lowest BCUT2D eigenvalue weighted by molar-refractivity contribution is -0.145. The van der Waals surface area contributed by atoms with Crippen LogP contribution in [0.1, 0.15) is 65.2 Å². The Morgan fingerprint density at radius 3 is 2.24 bits per heavy atom. The molecule has 0 rings (SSSR count). The summed E-state index contributed by atoms with van der Waals surface area (Å²) in [5.41, 5.74) is 0. The van der Waals surface area contributed by atoms with Gasteiger partial charge in [-0.3, -0.25) is 4.79 Å². The van der Waals surface area contributed by atoms with Gasteiger partial charge in [0.2, 0.25) is 0 Å². The van der Waals surface area contributed by atoms with E-state index in [1.54, 1.807) is 0 Å². The molecule has 17 heavy (non-hydrogen) atoms. The molecule has 0 spiro atoms. The second kappa shape index (κ2) is 13.5. The molecule has 0 aromatic heterocycles. The zero-order chi connectivity index (χ0) is 12.8. The summed E-state index contributed by atoms with van der Waals surface area (Å²) in [5, 5.41) is 0. The van der Waals surface area contributed by atoms with E-state index in [4.69, 9.17) is 9.47 Å². The molecular formula is C14H28O3. The van der Waals surface area contributed by atoms with Crippen molar-refractivity contribution in [2.45, 2.75) is 65.2 Å². The van der Waals surface area contributed by atoms with Crippen molar-refractivity contribution in [1.29, 1.82) is 0 Å². The van der Waals surface area contributed by atoms with Crippen LogP contribution in [0.4, 0.5) is 0 Å². The third-order valence-corrected chi connectivity index (χ3v) is 2.60. The number of unbranched alkanes of at least 4 members (excludes halogenated alkanes) is 5. The lowest BCUT2D eigenvalue weighted by Gasteiger charge is -2.05. The summed E-state index contributed by atoms with van der Waals surface area (Å²) in [6.45, 7) is 6.13. The van der Waals surface area contributed by atoms with Gasteiger partial charge in [-0.1, -0.05) is 46.0 Å². The van der Waals surface area contributed by atoms with Gasteiger partial charge in [0, 0.05) is 6.61 Å². The Kier molecular flexibility index (Phi) is 13.0. The summed E-state index contributed by atoms with van der Waals surface area (Å²) < 4.78 is 10.4. The van der Waals surface area contributed by atoms with Crippen molar-refractivity contribution in [3.8, 4) is 0 Å². The van der Waals surface area contributed by atoms with Crippen LogP contribution in [0.25, 0.3) is 0 Å². The minimum atomic E-state index is -0.128. The third kappa shape index (κ3) is 13.4. The number of esters is 1. The molecule has 0 amide bonds. The molecule has 0 bridgehead atoms. The minimum Gasteiger partial charge on any atom is -0.466 e. The van der Waals surface area contributed by atoms with Crippen LogP contribution in [0, 0.1) is 0 Å². The van der Waals surface area contributed by atoms with Gasteiger partial charge in [0.15, 0.2) is 0 Å². The number of carbonyl (C=O) groups excluding carboxylic acids is 1. The molecule has 0 aliphatic carbocycles. The zero-order valence-corrected chi connectivity index (χ0v) is 11.5. The highest BCUT2D eigenvalue weighted by Crippen LogP contribution is 2.02. The molecule has 0 aliphatic rings. The normalized spacial score (nSPS) is 10.5. The Hall–Kier alpha value is -0.570. The van der Waals surface area contributed by atoms with Crippen LogP contribution < -0.4 is 0 Å². The fourth-order valence-electron chi connectivity index (χ4n) is 1.47. The number of ether oxygens (including phenoxy) is 2. The Morgan fingerprint density at radius 2 is 1.53 bits per heavy atom. The van der Waals surface area contributed by atoms with E-state index in [1.165, 1.54) is 19.3 Å². The summed E-state index contributed by atoms with van der Waals surface area (Å²) in [6.07, 6.45) is 8.49. The number of hydrogen-bond donors (Lipinski definition) is 0. The van der Waals surface area contributed by atoms with E-state index in [0.717, 1.165) is 32.3 Å². The largest absolute Gasteiger partial charge is 0.466 e. The van der Waals surface area contributed by atoms with Crippen molar-refractivity contribution < 1.29 is 14.3 Å². The van der Waals surface area contributed by atoms with Gasteiger partial charge in [-0.05, 0) is 12.8 Å². The first-order valence-electron chi connectivity index (χ1n) is 7.04. The van der Waals surface area contributed by atoms with Crippen LogP contribution in [0.3, 0.4) is 0 Å². The van der Waals surface area contributed by atoms with E-state index < -0.39 is 0 Å². The zero-order valence-electron chi connectivity index (χ0n) is 11.5. The van der Waals surface area contributed by atoms with Crippen molar-refractivity contribution in [2.24, 2.45) is 0 Å². The average molecular weight is 244 g/mol. The Labute approximate surface area is 106 Å². The predicted molar refractivity (Wildman–Crippen MR) is 70.1 cm³/mol. The smallest absolute Gasteiger partial charge is 0.308 e. The van der Waals surface area contributed by atoms with Gasteiger partial charge in [-0.25, -0.2) is 0 Å². The van der Waals surface area contributed by atoms with Gasteiger partial charge in [-0.15, -0.1) is 0 Å². The summed E-state index contributed by atoms with van der Waals surface area (Å²) >= 11 is 0. The number of rotatable bonds is 12. The monoisotopic (exact) mass is 244 g/mol. The quantitative estimate of drug-likeness (QED) is 0.388. The van der Waals surface area contributed by atoms with Crippen LogP contribution in [0.2, 0.25) is 0 Å². The Balaban J connectivity index is 3.12. The second-order valence-electron chi connectivity index (χ2n) is 4.35. The van der Waals surface area contributed by atoms with Crippen molar-refractivity contribution >= 4 is 5.97 Å². The van der Waals surface area contributed by atoms with Gasteiger partial charge in [0.05, 0.1) is 19.6 Å². The fraction of sp³-hybridized carbons (Fsp3) is 0.929. The molecule has 102 valence electrons. The van der Waals surface area contributed by atoms with Gasteiger partial charge < -0.3 is 9.47 Å². The molecule has 3 heteroatoms. The number of carbonyl (C=O) groups is 1. The van der Waals surface area contributed by atoms with E-state index in [9.17, 15) is 4.79 Å². The summed E-state index contributed by atoms with van der Waals surface area (Å²) in [4.78, 5) is 11.3. The van der Waals surface area contributed by atoms with Crippen molar-refractivity contribution in [1.82, 2.24) is 0 Å². The summed E-state index contributed by atoms with van der Waals surface area (Å²) in [7, 11) is 0. The molecule has 0 aromatic rings. The van der Waals surface area contributed by atoms with Crippen LogP contribution >= 0.6 is 0 Å². The van der Waals surface area contributed by atoms with E-state index >= 15 is 0 Å². The summed E-state index contributed by atoms with van der Waals surface area (Å²) in [6, 6.07) is 0. The Bertz CT molecular complexity index is 169. The van der Waals surface area contributed by atoms with Crippen LogP contribution in [-0.2, 0) is 14.3 Å². The predicted octanol–water partition coefficient (Wildman–Crippen LogP) is 3.71. The average Bonchev–Trinajstić information content (AvgIpc) is 2.33. The van der Waals surface area contributed by atoms with Gasteiger partial charge in [0.25, 0.3) is 0 Å². The first kappa shape index (κ1) is 16.4. The molecule has 3 nitrogen and oxygen atoms in total. The minimum absolute atomic E-state index is 0.128. The summed E-state index contributed by atoms with van der Waals surface area (Å²) in [5.74, 6) is -0.128. The fourth-order valence-corrected chi connectivity index (χ4v) is 1.47. The first-order valence-corrected chi connectivity index (χ1v) is 7.04. The molecule has 0 N–H and O–H groups in total. The van der Waals surface area contributed by atoms with Gasteiger partial charge in [-0.2, -0.15) is 0 Å². The van der Waals surface area contributed by atoms with Crippen molar-refractivity contribution in [2.75, 3.05) is 19.8 Å². The maximum absolute atomic E-state index is 11.3. The molecule has 0 aliphatic heterocycles. The highest BCUT2D eigenvalue weighted by atomic mass is 16.5. The molecule has 0 fully saturated rings. The molecular weight excluding hydrogens is 216 g/mol. The topological polar surface area (TPSA) is 35.5 Å². The molecule has 0 radical (unpaired) electrons. The maximum Gasteiger partial charge on any atom is 0.308 e. The van der Waals surface area contributed by atoms with E-state index in [0.29, 0.717) is 19.6 Å². The van der Waals surface area contributed by atoms with Crippen LogP contribution in [-0.4, -0.2) is 25.8 Å². The molecule has 0 heterocycles. The van der Waals surface area contributed by atoms with Gasteiger partial charge in [0.1, 0.15) is 0 Å². The lowest BCUT2D eigenvalue weighted by Crippen LogP contribution is -2.09. The van der Waals surface area contributed by atoms with E-state index in [1.807, 2.05) is 0 Å². The van der Waals surface area contributed by atoms with Crippen LogP contribution in [0.15, 0.2) is 0 Å². The lowest BCUT2D eigenvalue weighted by atomic mass is 10.2. The first-order chi connectivity index (χ1) is 8.31. The van der Waals surface area contributed by atoms with Crippen LogP contribution in [0.5, 0.6) is 0 Å². The number of hydrogen-bond acceptors (Lipinski definition) is 3. The highest BCUT2D eigenvalue weighted by Gasteiger charge is 2.02. The molecule has 0 unspecified atom stereocenters. The van der Waals surface area contributed by atoms with E-state index in [2.05, 4.69) is 13.8 Å². The molecule has 0 atom stereocenters. The van der Waals surface area contributed by atoms with Crippen molar-refractivity contribution in [3.05, 3.63) is 0 Å². The molecule has 0 saturated heterocycles. The standard InChI is InChI=1S/C14H28O3/c1-3-5-7-8-9-12-17-14(15)10-13-16-11-6-4-2/h3-13H2,1-2H3. The van der Waals surface area contributed by atoms with Crippen molar-refractivity contribution in [3.63, 3.8) is 0 Å². The maximum atomic E-state index is 11.3. The highest BCUT2D eigenvalue weighted by molar-refractivity contribution is 5.69. The SMILES string of the molecule is CCCCCCCOC(=O)CCOCCCC. The third-order valence-electron chi connectivity index (χ3n) is 2.60. The van der Waals surface area contributed by atoms with Gasteiger partial charge >= 0.3 is 5.97 Å².